The van der Waals surface area contributed by atoms with Crippen molar-refractivity contribution in [3.05, 3.63) is 73.8 Å². The molecule has 144 valence electrons. The highest BCUT2D eigenvalue weighted by atomic mass is 35.5. The Morgan fingerprint density at radius 2 is 1.75 bits per heavy atom. The number of rotatable bonds is 4. The van der Waals surface area contributed by atoms with Crippen LogP contribution in [0.4, 0.5) is 11.4 Å². The topological polar surface area (TPSA) is 72.9 Å². The molecule has 2 heterocycles. The van der Waals surface area contributed by atoms with Gasteiger partial charge in [0.15, 0.2) is 0 Å². The molecule has 0 spiro atoms. The van der Waals surface area contributed by atoms with Crippen molar-refractivity contribution in [2.75, 3.05) is 31.3 Å². The van der Waals surface area contributed by atoms with Gasteiger partial charge in [-0.05, 0) is 36.4 Å². The lowest BCUT2D eigenvalue weighted by Crippen LogP contribution is -2.48. The number of nitro benzene ring substituents is 1. The average molecular weight is 417 g/mol. The third kappa shape index (κ3) is 3.94. The second-order valence-corrected chi connectivity index (χ2v) is 7.45. The Morgan fingerprint density at radius 3 is 2.39 bits per heavy atom. The maximum absolute atomic E-state index is 11.0. The maximum atomic E-state index is 11.0. The minimum absolute atomic E-state index is 0.0722. The minimum Gasteiger partial charge on any atom is -0.378 e. The van der Waals surface area contributed by atoms with Gasteiger partial charge in [0.2, 0.25) is 4.80 Å². The van der Waals surface area contributed by atoms with Crippen molar-refractivity contribution in [2.24, 2.45) is 4.99 Å². The van der Waals surface area contributed by atoms with E-state index in [9.17, 15) is 10.1 Å². The average Bonchev–Trinajstić information content (AvgIpc) is 3.14. The molecular weight excluding hydrogens is 400 g/mol. The summed E-state index contributed by atoms with van der Waals surface area (Å²) in [5.74, 6) is 0. The molecule has 2 aromatic carbocycles. The van der Waals surface area contributed by atoms with Crippen molar-refractivity contribution >= 4 is 34.3 Å². The van der Waals surface area contributed by atoms with E-state index in [1.807, 2.05) is 29.6 Å². The Balaban J connectivity index is 1.81. The van der Waals surface area contributed by atoms with Gasteiger partial charge < -0.3 is 9.75 Å². The third-order valence-electron chi connectivity index (χ3n) is 4.38. The number of nitro groups is 1. The SMILES string of the molecule is O=[N+]([O-])c1ccc(-c2csc(=Nc3ccc(Cl)cc3)n2N2CCOCC2)cc1. The van der Waals surface area contributed by atoms with E-state index >= 15 is 0 Å². The molecule has 0 saturated carbocycles. The molecule has 3 aromatic rings. The predicted octanol–water partition coefficient (Wildman–Crippen LogP) is 3.98. The fraction of sp³-hybridized carbons (Fsp3) is 0.211. The van der Waals surface area contributed by atoms with Crippen LogP contribution in [0.25, 0.3) is 11.3 Å². The normalized spacial score (nSPS) is 15.0. The molecule has 0 unspecified atom stereocenters. The molecule has 7 nitrogen and oxygen atoms in total. The van der Waals surface area contributed by atoms with Gasteiger partial charge in [-0.15, -0.1) is 11.3 Å². The Kier molecular flexibility index (Phi) is 5.43. The fourth-order valence-corrected chi connectivity index (χ4v) is 4.03. The van der Waals surface area contributed by atoms with Crippen LogP contribution in [0.5, 0.6) is 0 Å². The first kappa shape index (κ1) is 18.7. The van der Waals surface area contributed by atoms with Crippen molar-refractivity contribution in [3.8, 4) is 11.3 Å². The molecule has 1 aliphatic rings. The molecule has 0 aliphatic carbocycles. The smallest absolute Gasteiger partial charge is 0.269 e. The van der Waals surface area contributed by atoms with E-state index in [2.05, 4.69) is 9.69 Å². The molecule has 4 rings (SSSR count). The first-order valence-electron chi connectivity index (χ1n) is 8.70. The van der Waals surface area contributed by atoms with Gasteiger partial charge in [-0.25, -0.2) is 9.67 Å². The summed E-state index contributed by atoms with van der Waals surface area (Å²) >= 11 is 7.49. The lowest BCUT2D eigenvalue weighted by Gasteiger charge is -2.31. The zero-order valence-corrected chi connectivity index (χ0v) is 16.4. The van der Waals surface area contributed by atoms with E-state index in [0.29, 0.717) is 18.2 Å². The van der Waals surface area contributed by atoms with Gasteiger partial charge in [-0.1, -0.05) is 11.6 Å². The molecule has 1 aliphatic heterocycles. The zero-order chi connectivity index (χ0) is 19.5. The first-order chi connectivity index (χ1) is 13.6. The molecule has 0 amide bonds. The highest BCUT2D eigenvalue weighted by Crippen LogP contribution is 2.24. The van der Waals surface area contributed by atoms with Crippen LogP contribution in [0.3, 0.4) is 0 Å². The van der Waals surface area contributed by atoms with E-state index in [0.717, 1.165) is 34.8 Å². The first-order valence-corrected chi connectivity index (χ1v) is 9.96. The predicted molar refractivity (Wildman–Crippen MR) is 110 cm³/mol. The lowest BCUT2D eigenvalue weighted by atomic mass is 10.1. The van der Waals surface area contributed by atoms with Crippen LogP contribution in [0.15, 0.2) is 58.9 Å². The van der Waals surface area contributed by atoms with Crippen molar-refractivity contribution in [1.29, 1.82) is 0 Å². The summed E-state index contributed by atoms with van der Waals surface area (Å²) < 4.78 is 7.56. The van der Waals surface area contributed by atoms with Gasteiger partial charge in [0.05, 0.1) is 42.6 Å². The van der Waals surface area contributed by atoms with Crippen LogP contribution >= 0.6 is 22.9 Å². The molecule has 0 radical (unpaired) electrons. The number of aromatic nitrogens is 1. The second-order valence-electron chi connectivity index (χ2n) is 6.17. The summed E-state index contributed by atoms with van der Waals surface area (Å²) in [4.78, 5) is 16.2. The molecule has 0 N–H and O–H groups in total. The van der Waals surface area contributed by atoms with E-state index in [-0.39, 0.29) is 5.69 Å². The van der Waals surface area contributed by atoms with Crippen LogP contribution in [0.2, 0.25) is 5.02 Å². The van der Waals surface area contributed by atoms with Gasteiger partial charge in [0.1, 0.15) is 0 Å². The molecule has 0 atom stereocenters. The van der Waals surface area contributed by atoms with E-state index < -0.39 is 4.92 Å². The number of ether oxygens (including phenoxy) is 1. The zero-order valence-electron chi connectivity index (χ0n) is 14.8. The van der Waals surface area contributed by atoms with Gasteiger partial charge in [0.25, 0.3) is 5.69 Å². The van der Waals surface area contributed by atoms with Crippen molar-refractivity contribution in [2.45, 2.75) is 0 Å². The molecule has 1 fully saturated rings. The number of hydrogen-bond donors (Lipinski definition) is 0. The van der Waals surface area contributed by atoms with Gasteiger partial charge >= 0.3 is 0 Å². The lowest BCUT2D eigenvalue weighted by molar-refractivity contribution is -0.384. The molecule has 1 saturated heterocycles. The summed E-state index contributed by atoms with van der Waals surface area (Å²) in [6, 6.07) is 13.9. The molecule has 9 heteroatoms. The summed E-state index contributed by atoms with van der Waals surface area (Å²) in [6.07, 6.45) is 0. The standard InChI is InChI=1S/C19H17ClN4O3S/c20-15-3-5-16(6-4-15)21-19-23(22-9-11-27-12-10-22)18(13-28-19)14-1-7-17(8-2-14)24(25)26/h1-8,13H,9-12H2. The van der Waals surface area contributed by atoms with Crippen LogP contribution in [0, 0.1) is 10.1 Å². The summed E-state index contributed by atoms with van der Waals surface area (Å²) in [6.45, 7) is 2.76. The van der Waals surface area contributed by atoms with E-state index in [1.165, 1.54) is 23.5 Å². The molecule has 1 aromatic heterocycles. The number of morpholine rings is 1. The van der Waals surface area contributed by atoms with Gasteiger partial charge in [-0.2, -0.15) is 0 Å². The number of non-ortho nitro benzene ring substituents is 1. The van der Waals surface area contributed by atoms with Crippen molar-refractivity contribution in [3.63, 3.8) is 0 Å². The molecule has 0 bridgehead atoms. The van der Waals surface area contributed by atoms with E-state index in [4.69, 9.17) is 21.3 Å². The number of benzene rings is 2. The minimum atomic E-state index is -0.394. The highest BCUT2D eigenvalue weighted by molar-refractivity contribution is 7.07. The van der Waals surface area contributed by atoms with E-state index in [1.54, 1.807) is 12.1 Å². The van der Waals surface area contributed by atoms with Crippen LogP contribution < -0.4 is 9.81 Å². The molecule has 28 heavy (non-hydrogen) atoms. The Hall–Kier alpha value is -2.68. The summed E-state index contributed by atoms with van der Waals surface area (Å²) in [5.41, 5.74) is 2.71. The molecular formula is C19H17ClN4O3S. The quantitative estimate of drug-likeness (QED) is 0.476. The Labute approximate surface area is 170 Å². The maximum Gasteiger partial charge on any atom is 0.269 e. The van der Waals surface area contributed by atoms with Crippen LogP contribution in [-0.4, -0.2) is 35.9 Å². The number of thiazole rings is 1. The number of hydrogen-bond acceptors (Lipinski definition) is 6. The van der Waals surface area contributed by atoms with Crippen molar-refractivity contribution in [1.82, 2.24) is 4.68 Å². The fourth-order valence-electron chi connectivity index (χ4n) is 2.98. The summed E-state index contributed by atoms with van der Waals surface area (Å²) in [5, 5.41) is 15.8. The van der Waals surface area contributed by atoms with Crippen LogP contribution in [0.1, 0.15) is 0 Å². The van der Waals surface area contributed by atoms with Gasteiger partial charge in [-0.3, -0.25) is 10.1 Å². The largest absolute Gasteiger partial charge is 0.378 e. The monoisotopic (exact) mass is 416 g/mol. The third-order valence-corrected chi connectivity index (χ3v) is 5.45. The second kappa shape index (κ2) is 8.14. The Morgan fingerprint density at radius 1 is 1.07 bits per heavy atom. The Bertz CT molecular complexity index is 1040. The summed E-state index contributed by atoms with van der Waals surface area (Å²) in [7, 11) is 0. The van der Waals surface area contributed by atoms with Crippen molar-refractivity contribution < 1.29 is 9.66 Å². The number of halogens is 1. The van der Waals surface area contributed by atoms with Gasteiger partial charge in [0, 0.05) is 28.1 Å². The highest BCUT2D eigenvalue weighted by Gasteiger charge is 2.18. The number of nitrogens with zero attached hydrogens (tertiary/aromatic N) is 4. The van der Waals surface area contributed by atoms with Crippen LogP contribution in [-0.2, 0) is 4.74 Å².